The second-order valence-corrected chi connectivity index (χ2v) is 13.7. The maximum Gasteiger partial charge on any atom is 0.159 e. The largest absolute Gasteiger partial charge is 0.167 e. The summed E-state index contributed by atoms with van der Waals surface area (Å²) in [5.41, 5.74) is 0.406. The zero-order chi connectivity index (χ0) is 13.2. The lowest BCUT2D eigenvalue weighted by atomic mass is 9.90. The lowest BCUT2D eigenvalue weighted by Gasteiger charge is -2.44. The fourth-order valence-corrected chi connectivity index (χ4v) is 7.87. The van der Waals surface area contributed by atoms with Gasteiger partial charge in [0.05, 0.1) is 0 Å². The molecule has 98 valence electrons. The Morgan fingerprint density at radius 3 is 1.88 bits per heavy atom. The van der Waals surface area contributed by atoms with Crippen molar-refractivity contribution in [3.05, 3.63) is 0 Å². The molecular weight excluding hydrogens is 232 g/mol. The summed E-state index contributed by atoms with van der Waals surface area (Å²) in [7, 11) is -1.69. The normalized spacial score (nSPS) is 17.6. The molecule has 0 aromatic carbocycles. The van der Waals surface area contributed by atoms with Crippen LogP contribution in [0.3, 0.4) is 0 Å². The van der Waals surface area contributed by atoms with Crippen LogP contribution in [0.5, 0.6) is 0 Å². The Labute approximate surface area is 109 Å². The summed E-state index contributed by atoms with van der Waals surface area (Å²) in [4.78, 5) is 0. The van der Waals surface area contributed by atoms with Gasteiger partial charge in [0.2, 0.25) is 0 Å². The maximum absolute atomic E-state index is 6.98. The monoisotopic (exact) mass is 262 g/mol. The Morgan fingerprint density at radius 2 is 1.56 bits per heavy atom. The van der Waals surface area contributed by atoms with Gasteiger partial charge in [0.25, 0.3) is 0 Å². The highest BCUT2D eigenvalue weighted by atomic mass is 35.6. The lowest BCUT2D eigenvalue weighted by Crippen LogP contribution is -2.43. The summed E-state index contributed by atoms with van der Waals surface area (Å²) in [5, 5.41) is 0.305. The molecule has 0 rings (SSSR count). The first-order valence-electron chi connectivity index (χ1n) is 6.65. The van der Waals surface area contributed by atoms with Gasteiger partial charge in [0, 0.05) is 0 Å². The van der Waals surface area contributed by atoms with Crippen molar-refractivity contribution < 1.29 is 0 Å². The molecule has 0 aromatic heterocycles. The zero-order valence-corrected chi connectivity index (χ0v) is 14.3. The van der Waals surface area contributed by atoms with Crippen molar-refractivity contribution in [2.75, 3.05) is 0 Å². The molecule has 1 atom stereocenters. The summed E-state index contributed by atoms with van der Waals surface area (Å²) in [6.07, 6.45) is 2.55. The molecule has 16 heavy (non-hydrogen) atoms. The predicted octanol–water partition coefficient (Wildman–Crippen LogP) is 6.06. The first-order valence-corrected chi connectivity index (χ1v) is 10.4. The fraction of sp³-hybridized carbons (Fsp3) is 1.00. The van der Waals surface area contributed by atoms with E-state index in [2.05, 4.69) is 55.0 Å². The van der Waals surface area contributed by atoms with Crippen LogP contribution < -0.4 is 0 Å². The molecule has 0 saturated heterocycles. The SMILES string of the molecule is CCCC(C)(C)C[Si](C)(Cl)C(C)(C)C(C)C. The first kappa shape index (κ1) is 16.5. The molecule has 0 nitrogen and oxygen atoms in total. The van der Waals surface area contributed by atoms with Gasteiger partial charge >= 0.3 is 0 Å². The van der Waals surface area contributed by atoms with Gasteiger partial charge in [-0.25, -0.2) is 0 Å². The Kier molecular flexibility index (Phi) is 5.61. The zero-order valence-electron chi connectivity index (χ0n) is 12.6. The summed E-state index contributed by atoms with van der Waals surface area (Å²) >= 11 is 6.98. The lowest BCUT2D eigenvalue weighted by molar-refractivity contribution is 0.357. The van der Waals surface area contributed by atoms with E-state index in [0.717, 1.165) is 0 Å². The third-order valence-corrected chi connectivity index (χ3v) is 11.3. The number of rotatable bonds is 6. The van der Waals surface area contributed by atoms with Gasteiger partial charge in [-0.1, -0.05) is 61.4 Å². The van der Waals surface area contributed by atoms with Crippen LogP contribution >= 0.6 is 11.1 Å². The smallest absolute Gasteiger partial charge is 0.159 e. The molecule has 0 aliphatic rings. The van der Waals surface area contributed by atoms with E-state index in [0.29, 0.717) is 16.4 Å². The molecule has 0 amide bonds. The Balaban J connectivity index is 4.81. The number of hydrogen-bond acceptors (Lipinski definition) is 0. The molecule has 0 saturated carbocycles. The van der Waals surface area contributed by atoms with E-state index in [1.54, 1.807) is 0 Å². The van der Waals surface area contributed by atoms with E-state index in [1.807, 2.05) is 0 Å². The summed E-state index contributed by atoms with van der Waals surface area (Å²) in [6.45, 7) is 18.7. The number of halogens is 1. The summed E-state index contributed by atoms with van der Waals surface area (Å²) < 4.78 is 0. The molecule has 0 aromatic rings. The molecule has 0 aliphatic carbocycles. The van der Waals surface area contributed by atoms with Crippen molar-refractivity contribution in [3.63, 3.8) is 0 Å². The maximum atomic E-state index is 6.98. The van der Waals surface area contributed by atoms with Crippen LogP contribution in [0.25, 0.3) is 0 Å². The van der Waals surface area contributed by atoms with Crippen LogP contribution in [0.4, 0.5) is 0 Å². The van der Waals surface area contributed by atoms with Gasteiger partial charge in [0.1, 0.15) is 0 Å². The van der Waals surface area contributed by atoms with Crippen molar-refractivity contribution in [2.45, 2.75) is 78.9 Å². The minimum absolute atomic E-state index is 0.305. The molecule has 0 radical (unpaired) electrons. The summed E-state index contributed by atoms with van der Waals surface area (Å²) in [6, 6.07) is 1.22. The van der Waals surface area contributed by atoms with Gasteiger partial charge in [0.15, 0.2) is 7.38 Å². The van der Waals surface area contributed by atoms with Crippen molar-refractivity contribution >= 4 is 18.5 Å². The van der Waals surface area contributed by atoms with Gasteiger partial charge in [-0.05, 0) is 28.8 Å². The molecule has 0 fully saturated rings. The molecule has 0 aliphatic heterocycles. The van der Waals surface area contributed by atoms with Crippen LogP contribution in [0.15, 0.2) is 0 Å². The highest BCUT2D eigenvalue weighted by Crippen LogP contribution is 2.52. The standard InChI is InChI=1S/C14H31ClSi/c1-9-10-13(4,5)11-16(8,15)14(6,7)12(2)3/h12H,9-11H2,1-8H3. The van der Waals surface area contributed by atoms with E-state index >= 15 is 0 Å². The van der Waals surface area contributed by atoms with Gasteiger partial charge < -0.3 is 0 Å². The topological polar surface area (TPSA) is 0 Å². The molecule has 0 heterocycles. The molecule has 2 heteroatoms. The quantitative estimate of drug-likeness (QED) is 0.403. The highest BCUT2D eigenvalue weighted by Gasteiger charge is 2.46. The van der Waals surface area contributed by atoms with E-state index < -0.39 is 7.38 Å². The van der Waals surface area contributed by atoms with Crippen molar-refractivity contribution in [1.82, 2.24) is 0 Å². The highest BCUT2D eigenvalue weighted by molar-refractivity contribution is 7.21. The van der Waals surface area contributed by atoms with Crippen molar-refractivity contribution in [3.8, 4) is 0 Å². The minimum Gasteiger partial charge on any atom is -0.167 e. The van der Waals surface area contributed by atoms with Crippen LogP contribution in [-0.2, 0) is 0 Å². The second-order valence-electron chi connectivity index (χ2n) is 7.16. The van der Waals surface area contributed by atoms with Gasteiger partial charge in [-0.3, -0.25) is 0 Å². The Bertz CT molecular complexity index is 217. The van der Waals surface area contributed by atoms with Crippen LogP contribution in [-0.4, -0.2) is 7.38 Å². The third kappa shape index (κ3) is 4.07. The van der Waals surface area contributed by atoms with Gasteiger partial charge in [-0.2, -0.15) is 11.1 Å². The van der Waals surface area contributed by atoms with Crippen LogP contribution in [0, 0.1) is 11.3 Å². The van der Waals surface area contributed by atoms with Crippen LogP contribution in [0.1, 0.15) is 61.3 Å². The Morgan fingerprint density at radius 1 is 1.12 bits per heavy atom. The van der Waals surface area contributed by atoms with Crippen molar-refractivity contribution in [2.24, 2.45) is 11.3 Å². The van der Waals surface area contributed by atoms with E-state index in [4.69, 9.17) is 11.1 Å². The first-order chi connectivity index (χ1) is 6.96. The molecular formula is C14H31ClSi. The van der Waals surface area contributed by atoms with Gasteiger partial charge in [-0.15, -0.1) is 0 Å². The van der Waals surface area contributed by atoms with E-state index in [9.17, 15) is 0 Å². The fourth-order valence-electron chi connectivity index (χ4n) is 2.49. The predicted molar refractivity (Wildman–Crippen MR) is 79.8 cm³/mol. The Hall–Kier alpha value is 0.507. The third-order valence-electron chi connectivity index (χ3n) is 4.52. The molecule has 0 bridgehead atoms. The minimum atomic E-state index is -1.69. The average Bonchev–Trinajstić information content (AvgIpc) is 2.00. The van der Waals surface area contributed by atoms with E-state index in [1.165, 1.54) is 18.9 Å². The number of hydrogen-bond donors (Lipinski definition) is 0. The van der Waals surface area contributed by atoms with Crippen molar-refractivity contribution in [1.29, 1.82) is 0 Å². The van der Waals surface area contributed by atoms with Crippen LogP contribution in [0.2, 0.25) is 17.6 Å². The second kappa shape index (κ2) is 5.43. The average molecular weight is 263 g/mol. The van der Waals surface area contributed by atoms with E-state index in [-0.39, 0.29) is 0 Å². The molecule has 1 unspecified atom stereocenters. The summed E-state index contributed by atoms with van der Waals surface area (Å²) in [5.74, 6) is 0.666. The molecule has 0 spiro atoms. The molecule has 0 N–H and O–H groups in total.